The maximum Gasteiger partial charge on any atom is 0.340 e. The Balaban J connectivity index is 2.21. The number of nitrogens with one attached hydrogen (secondary N) is 1. The second-order valence-corrected chi connectivity index (χ2v) is 7.61. The Bertz CT molecular complexity index is 728. The minimum absolute atomic E-state index is 0.259. The average Bonchev–Trinajstić information content (AvgIpc) is 2.86. The van der Waals surface area contributed by atoms with E-state index in [2.05, 4.69) is 21.2 Å². The molecule has 7 heteroatoms. The average molecular weight is 397 g/mol. The lowest BCUT2D eigenvalue weighted by molar-refractivity contribution is 0.0602. The second kappa shape index (κ2) is 7.72. The van der Waals surface area contributed by atoms with Crippen molar-refractivity contribution in [3.8, 4) is 0 Å². The van der Waals surface area contributed by atoms with E-state index in [1.807, 2.05) is 37.2 Å². The molecule has 1 aromatic carbocycles. The SMILES string of the molecule is COC(=O)c1cc(Br)sc1NC(=O)c1cccc(CN(C)C)c1. The van der Waals surface area contributed by atoms with E-state index in [4.69, 9.17) is 4.74 Å². The van der Waals surface area contributed by atoms with E-state index in [1.165, 1.54) is 18.4 Å². The number of esters is 1. The van der Waals surface area contributed by atoms with Gasteiger partial charge in [0.05, 0.1) is 16.5 Å². The zero-order valence-corrected chi connectivity index (χ0v) is 15.5. The van der Waals surface area contributed by atoms with Crippen molar-refractivity contribution >= 4 is 44.1 Å². The molecule has 2 aromatic rings. The smallest absolute Gasteiger partial charge is 0.340 e. The number of carbonyl (C=O) groups is 2. The van der Waals surface area contributed by atoms with Gasteiger partial charge in [-0.05, 0) is 53.8 Å². The van der Waals surface area contributed by atoms with Crippen LogP contribution in [0.25, 0.3) is 0 Å². The monoisotopic (exact) mass is 396 g/mol. The summed E-state index contributed by atoms with van der Waals surface area (Å²) >= 11 is 4.59. The van der Waals surface area contributed by atoms with Gasteiger partial charge in [-0.3, -0.25) is 4.79 Å². The van der Waals surface area contributed by atoms with Gasteiger partial charge in [0.25, 0.3) is 5.91 Å². The minimum atomic E-state index is -0.483. The van der Waals surface area contributed by atoms with Gasteiger partial charge in [0.1, 0.15) is 5.00 Å². The Kier molecular flexibility index (Phi) is 5.92. The summed E-state index contributed by atoms with van der Waals surface area (Å²) in [5, 5.41) is 3.24. The van der Waals surface area contributed by atoms with E-state index in [0.717, 1.165) is 15.9 Å². The van der Waals surface area contributed by atoms with Crippen molar-refractivity contribution in [2.24, 2.45) is 0 Å². The van der Waals surface area contributed by atoms with E-state index >= 15 is 0 Å². The van der Waals surface area contributed by atoms with Crippen molar-refractivity contribution in [3.63, 3.8) is 0 Å². The first kappa shape index (κ1) is 17.7. The summed E-state index contributed by atoms with van der Waals surface area (Å²) in [4.78, 5) is 26.2. The van der Waals surface area contributed by atoms with Gasteiger partial charge in [-0.2, -0.15) is 0 Å². The van der Waals surface area contributed by atoms with Crippen LogP contribution in [-0.2, 0) is 11.3 Å². The predicted octanol–water partition coefficient (Wildman–Crippen LogP) is 3.61. The summed E-state index contributed by atoms with van der Waals surface area (Å²) in [5.74, 6) is -0.742. The highest BCUT2D eigenvalue weighted by Gasteiger charge is 2.18. The second-order valence-electron chi connectivity index (χ2n) is 5.18. The predicted molar refractivity (Wildman–Crippen MR) is 95.1 cm³/mol. The number of halogens is 1. The van der Waals surface area contributed by atoms with E-state index in [9.17, 15) is 9.59 Å². The Hall–Kier alpha value is -1.70. The molecule has 0 radical (unpaired) electrons. The molecular formula is C16H17BrN2O3S. The van der Waals surface area contributed by atoms with Crippen LogP contribution >= 0.6 is 27.3 Å². The molecule has 0 atom stereocenters. The number of methoxy groups -OCH3 is 1. The lowest BCUT2D eigenvalue weighted by atomic mass is 10.1. The van der Waals surface area contributed by atoms with E-state index < -0.39 is 5.97 Å². The van der Waals surface area contributed by atoms with E-state index in [1.54, 1.807) is 12.1 Å². The van der Waals surface area contributed by atoms with E-state index in [0.29, 0.717) is 16.1 Å². The molecule has 2 rings (SSSR count). The van der Waals surface area contributed by atoms with Crippen molar-refractivity contribution in [3.05, 3.63) is 50.8 Å². The number of carbonyl (C=O) groups excluding carboxylic acids is 2. The Morgan fingerprint density at radius 1 is 1.30 bits per heavy atom. The topological polar surface area (TPSA) is 58.6 Å². The molecule has 0 aliphatic carbocycles. The van der Waals surface area contributed by atoms with Crippen LogP contribution in [0.4, 0.5) is 5.00 Å². The van der Waals surface area contributed by atoms with Crippen LogP contribution < -0.4 is 5.32 Å². The summed E-state index contributed by atoms with van der Waals surface area (Å²) in [6, 6.07) is 9.04. The van der Waals surface area contributed by atoms with Gasteiger partial charge in [-0.1, -0.05) is 12.1 Å². The highest BCUT2D eigenvalue weighted by molar-refractivity contribution is 9.11. The highest BCUT2D eigenvalue weighted by Crippen LogP contribution is 2.32. The third-order valence-electron chi connectivity index (χ3n) is 3.02. The third-order valence-corrected chi connectivity index (χ3v) is 4.58. The van der Waals surface area contributed by atoms with Crippen LogP contribution in [0.1, 0.15) is 26.3 Å². The standard InChI is InChI=1S/C16H17BrN2O3S/c1-19(2)9-10-5-4-6-11(7-10)14(20)18-15-12(16(21)22-3)8-13(17)23-15/h4-8H,9H2,1-3H3,(H,18,20). The Morgan fingerprint density at radius 2 is 2.04 bits per heavy atom. The molecule has 23 heavy (non-hydrogen) atoms. The van der Waals surface area contributed by atoms with Gasteiger partial charge in [-0.15, -0.1) is 11.3 Å². The number of rotatable bonds is 5. The normalized spacial score (nSPS) is 10.7. The number of amides is 1. The van der Waals surface area contributed by atoms with Gasteiger partial charge in [0, 0.05) is 12.1 Å². The molecule has 0 bridgehead atoms. The number of hydrogen-bond donors (Lipinski definition) is 1. The van der Waals surface area contributed by atoms with Gasteiger partial charge >= 0.3 is 5.97 Å². The molecule has 0 fully saturated rings. The number of hydrogen-bond acceptors (Lipinski definition) is 5. The molecule has 0 aliphatic heterocycles. The third kappa shape index (κ3) is 4.63. The molecule has 0 saturated carbocycles. The minimum Gasteiger partial charge on any atom is -0.465 e. The van der Waals surface area contributed by atoms with Crippen LogP contribution in [0, 0.1) is 0 Å². The molecule has 0 spiro atoms. The fourth-order valence-corrected chi connectivity index (χ4v) is 3.55. The van der Waals surface area contributed by atoms with Crippen LogP contribution in [0.5, 0.6) is 0 Å². The number of benzene rings is 1. The lowest BCUT2D eigenvalue weighted by Crippen LogP contribution is -2.15. The van der Waals surface area contributed by atoms with Crippen LogP contribution in [0.3, 0.4) is 0 Å². The molecule has 1 amide bonds. The summed E-state index contributed by atoms with van der Waals surface area (Å²) in [6.45, 7) is 0.749. The lowest BCUT2D eigenvalue weighted by Gasteiger charge is -2.11. The molecule has 1 heterocycles. The van der Waals surface area contributed by atoms with Crippen LogP contribution in [0.2, 0.25) is 0 Å². The van der Waals surface area contributed by atoms with Crippen molar-refractivity contribution in [1.29, 1.82) is 0 Å². The van der Waals surface area contributed by atoms with Gasteiger partial charge in [0.2, 0.25) is 0 Å². The van der Waals surface area contributed by atoms with Crippen molar-refractivity contribution < 1.29 is 14.3 Å². The maximum atomic E-state index is 12.4. The largest absolute Gasteiger partial charge is 0.465 e. The Labute approximate surface area is 147 Å². The van der Waals surface area contributed by atoms with Gasteiger partial charge < -0.3 is 15.0 Å². The molecule has 1 N–H and O–H groups in total. The first-order chi connectivity index (χ1) is 10.9. The molecule has 0 unspecified atom stereocenters. The number of thiophene rings is 1. The van der Waals surface area contributed by atoms with Crippen LogP contribution in [0.15, 0.2) is 34.1 Å². The molecule has 5 nitrogen and oxygen atoms in total. The zero-order chi connectivity index (χ0) is 17.0. The van der Waals surface area contributed by atoms with Crippen molar-refractivity contribution in [1.82, 2.24) is 4.90 Å². The summed E-state index contributed by atoms with van der Waals surface area (Å²) in [7, 11) is 5.25. The summed E-state index contributed by atoms with van der Waals surface area (Å²) in [5.41, 5.74) is 1.93. The molecule has 0 aliphatic rings. The quantitative estimate of drug-likeness (QED) is 0.784. The summed E-state index contributed by atoms with van der Waals surface area (Å²) < 4.78 is 5.48. The fourth-order valence-electron chi connectivity index (χ4n) is 2.07. The van der Waals surface area contributed by atoms with Crippen molar-refractivity contribution in [2.45, 2.75) is 6.54 Å². The zero-order valence-electron chi connectivity index (χ0n) is 13.1. The summed E-state index contributed by atoms with van der Waals surface area (Å²) in [6.07, 6.45) is 0. The highest BCUT2D eigenvalue weighted by atomic mass is 79.9. The number of nitrogens with zero attached hydrogens (tertiary/aromatic N) is 1. The van der Waals surface area contributed by atoms with Gasteiger partial charge in [-0.25, -0.2) is 4.79 Å². The molecule has 1 aromatic heterocycles. The molecular weight excluding hydrogens is 380 g/mol. The van der Waals surface area contributed by atoms with E-state index in [-0.39, 0.29) is 5.91 Å². The fraction of sp³-hybridized carbons (Fsp3) is 0.250. The number of anilines is 1. The molecule has 0 saturated heterocycles. The Morgan fingerprint density at radius 3 is 2.70 bits per heavy atom. The number of ether oxygens (including phenoxy) is 1. The van der Waals surface area contributed by atoms with Crippen molar-refractivity contribution in [2.75, 3.05) is 26.5 Å². The first-order valence-electron chi connectivity index (χ1n) is 6.83. The maximum absolute atomic E-state index is 12.4. The van der Waals surface area contributed by atoms with Crippen LogP contribution in [-0.4, -0.2) is 38.0 Å². The first-order valence-corrected chi connectivity index (χ1v) is 8.44. The van der Waals surface area contributed by atoms with Gasteiger partial charge in [0.15, 0.2) is 0 Å². The molecule has 122 valence electrons.